The molecule has 0 bridgehead atoms. The zero-order valence-corrected chi connectivity index (χ0v) is 19.4. The van der Waals surface area contributed by atoms with E-state index in [1.807, 2.05) is 72.8 Å². The molecule has 168 valence electrons. The average Bonchev–Trinajstić information content (AvgIpc) is 3.19. The molecule has 3 aromatic carbocycles. The monoisotopic (exact) mass is 458 g/mol. The second-order valence-electron chi connectivity index (χ2n) is 8.83. The molecular formula is C28H27ClN2O2. The topological polar surface area (TPSA) is 45.5 Å². The van der Waals surface area contributed by atoms with Gasteiger partial charge in [-0.3, -0.25) is 9.69 Å². The van der Waals surface area contributed by atoms with Gasteiger partial charge >= 0.3 is 0 Å². The van der Waals surface area contributed by atoms with Crippen molar-refractivity contribution in [3.63, 3.8) is 0 Å². The van der Waals surface area contributed by atoms with Crippen molar-refractivity contribution in [2.45, 2.75) is 25.8 Å². The van der Waals surface area contributed by atoms with Crippen molar-refractivity contribution in [1.82, 2.24) is 4.90 Å². The van der Waals surface area contributed by atoms with Crippen LogP contribution in [0.5, 0.6) is 0 Å². The third kappa shape index (κ3) is 4.54. The Labute approximate surface area is 199 Å². The zero-order valence-electron chi connectivity index (χ0n) is 18.6. The van der Waals surface area contributed by atoms with Crippen molar-refractivity contribution >= 4 is 34.2 Å². The van der Waals surface area contributed by atoms with E-state index >= 15 is 0 Å². The summed E-state index contributed by atoms with van der Waals surface area (Å²) in [5.41, 5.74) is 3.16. The van der Waals surface area contributed by atoms with Gasteiger partial charge in [0.2, 0.25) is 0 Å². The van der Waals surface area contributed by atoms with E-state index in [1.54, 1.807) is 0 Å². The van der Waals surface area contributed by atoms with Gasteiger partial charge in [0.05, 0.1) is 11.7 Å². The van der Waals surface area contributed by atoms with Gasteiger partial charge in [-0.2, -0.15) is 0 Å². The Kier molecular flexibility index (Phi) is 6.21. The molecule has 1 unspecified atom stereocenters. The lowest BCUT2D eigenvalue weighted by molar-refractivity contribution is 0.102. The predicted molar refractivity (Wildman–Crippen MR) is 134 cm³/mol. The van der Waals surface area contributed by atoms with Crippen LogP contribution in [0.4, 0.5) is 5.69 Å². The van der Waals surface area contributed by atoms with Crippen molar-refractivity contribution in [1.29, 1.82) is 0 Å². The van der Waals surface area contributed by atoms with Gasteiger partial charge in [0.15, 0.2) is 0 Å². The highest BCUT2D eigenvalue weighted by Crippen LogP contribution is 2.42. The van der Waals surface area contributed by atoms with Gasteiger partial charge in [0.1, 0.15) is 11.3 Å². The smallest absolute Gasteiger partial charge is 0.255 e. The molecule has 0 spiro atoms. The van der Waals surface area contributed by atoms with Crippen LogP contribution in [-0.2, 0) is 0 Å². The van der Waals surface area contributed by atoms with Crippen molar-refractivity contribution in [3.8, 4) is 0 Å². The Bertz CT molecular complexity index is 1260. The van der Waals surface area contributed by atoms with Crippen molar-refractivity contribution in [2.75, 3.05) is 18.4 Å². The van der Waals surface area contributed by atoms with E-state index in [0.29, 0.717) is 16.5 Å². The fourth-order valence-corrected chi connectivity index (χ4v) is 4.85. The van der Waals surface area contributed by atoms with Gasteiger partial charge in [0.25, 0.3) is 5.91 Å². The Morgan fingerprint density at radius 2 is 1.73 bits per heavy atom. The van der Waals surface area contributed by atoms with Crippen LogP contribution in [0, 0.1) is 5.92 Å². The van der Waals surface area contributed by atoms with E-state index in [1.165, 1.54) is 0 Å². The number of anilines is 1. The number of piperidine rings is 1. The molecule has 0 radical (unpaired) electrons. The number of nitrogens with zero attached hydrogens (tertiary/aromatic N) is 1. The third-order valence-corrected chi connectivity index (χ3v) is 6.73. The number of amides is 1. The lowest BCUT2D eigenvalue weighted by Crippen LogP contribution is -2.37. The number of nitrogens with one attached hydrogen (secondary N) is 1. The van der Waals surface area contributed by atoms with Crippen LogP contribution in [0.1, 0.15) is 47.5 Å². The molecule has 0 saturated carbocycles. The Morgan fingerprint density at radius 3 is 2.48 bits per heavy atom. The average molecular weight is 459 g/mol. The molecule has 1 saturated heterocycles. The number of fused-ring (bicyclic) bond motifs is 1. The number of furan rings is 1. The first-order chi connectivity index (χ1) is 16.1. The van der Waals surface area contributed by atoms with Gasteiger partial charge in [-0.25, -0.2) is 0 Å². The summed E-state index contributed by atoms with van der Waals surface area (Å²) >= 11 is 6.40. The molecular weight excluding hydrogens is 432 g/mol. The standard InChI is InChI=1S/C28H27ClN2O2/c1-19-14-16-31(17-15-19)26(21-10-7-11-22(29)18-21)27-25(23-12-5-6-13-24(23)33-27)30-28(32)20-8-3-2-4-9-20/h2-13,18-19,26H,14-17H2,1H3,(H,30,32). The van der Waals surface area contributed by atoms with Crippen molar-refractivity contribution in [3.05, 3.63) is 101 Å². The van der Waals surface area contributed by atoms with Gasteiger partial charge in [-0.05, 0) is 73.8 Å². The van der Waals surface area contributed by atoms with Gasteiger partial charge in [-0.1, -0.05) is 61.0 Å². The molecule has 5 rings (SSSR count). The number of carbonyl (C=O) groups excluding carboxylic acids is 1. The summed E-state index contributed by atoms with van der Waals surface area (Å²) in [5, 5.41) is 4.76. The van der Waals surface area contributed by atoms with E-state index in [9.17, 15) is 4.79 Å². The minimum absolute atomic E-state index is 0.144. The van der Waals surface area contributed by atoms with Crippen LogP contribution in [-0.4, -0.2) is 23.9 Å². The summed E-state index contributed by atoms with van der Waals surface area (Å²) in [7, 11) is 0. The molecule has 1 aliphatic heterocycles. The van der Waals surface area contributed by atoms with Crippen LogP contribution in [0.2, 0.25) is 5.02 Å². The molecule has 1 aromatic heterocycles. The number of carbonyl (C=O) groups is 1. The zero-order chi connectivity index (χ0) is 22.8. The maximum absolute atomic E-state index is 13.2. The molecule has 4 nitrogen and oxygen atoms in total. The molecule has 1 N–H and O–H groups in total. The molecule has 1 amide bonds. The summed E-state index contributed by atoms with van der Waals surface area (Å²) in [6, 6.07) is 24.9. The molecule has 1 aliphatic rings. The summed E-state index contributed by atoms with van der Waals surface area (Å²) < 4.78 is 6.47. The largest absolute Gasteiger partial charge is 0.457 e. The SMILES string of the molecule is CC1CCN(C(c2cccc(Cl)c2)c2oc3ccccc3c2NC(=O)c2ccccc2)CC1. The highest BCUT2D eigenvalue weighted by Gasteiger charge is 2.32. The normalized spacial score (nSPS) is 16.1. The lowest BCUT2D eigenvalue weighted by atomic mass is 9.94. The minimum Gasteiger partial charge on any atom is -0.457 e. The van der Waals surface area contributed by atoms with Crippen LogP contribution in [0.25, 0.3) is 11.0 Å². The van der Waals surface area contributed by atoms with Crippen LogP contribution >= 0.6 is 11.6 Å². The highest BCUT2D eigenvalue weighted by molar-refractivity contribution is 6.30. The number of rotatable bonds is 5. The van der Waals surface area contributed by atoms with E-state index in [-0.39, 0.29) is 11.9 Å². The first-order valence-electron chi connectivity index (χ1n) is 11.5. The van der Waals surface area contributed by atoms with E-state index < -0.39 is 0 Å². The molecule has 2 heterocycles. The molecule has 1 fully saturated rings. The quantitative estimate of drug-likeness (QED) is 0.345. The molecule has 33 heavy (non-hydrogen) atoms. The van der Waals surface area contributed by atoms with Gasteiger partial charge < -0.3 is 9.73 Å². The minimum atomic E-state index is -0.152. The number of benzene rings is 3. The van der Waals surface area contributed by atoms with Crippen LogP contribution in [0.15, 0.2) is 83.3 Å². The van der Waals surface area contributed by atoms with E-state index in [2.05, 4.69) is 23.2 Å². The lowest BCUT2D eigenvalue weighted by Gasteiger charge is -2.36. The Hall–Kier alpha value is -3.08. The van der Waals surface area contributed by atoms with Gasteiger partial charge in [0, 0.05) is 16.0 Å². The van der Waals surface area contributed by atoms with Crippen molar-refractivity contribution < 1.29 is 9.21 Å². The Morgan fingerprint density at radius 1 is 1.00 bits per heavy atom. The fraction of sp³-hybridized carbons (Fsp3) is 0.250. The maximum Gasteiger partial charge on any atom is 0.255 e. The molecule has 1 atom stereocenters. The molecule has 0 aliphatic carbocycles. The summed E-state index contributed by atoms with van der Waals surface area (Å²) in [6.07, 6.45) is 2.26. The van der Waals surface area contributed by atoms with E-state index in [0.717, 1.165) is 53.9 Å². The number of likely N-dealkylation sites (tertiary alicyclic amines) is 1. The van der Waals surface area contributed by atoms with Crippen LogP contribution in [0.3, 0.4) is 0 Å². The van der Waals surface area contributed by atoms with Crippen LogP contribution < -0.4 is 5.32 Å². The second kappa shape index (κ2) is 9.42. The summed E-state index contributed by atoms with van der Waals surface area (Å²) in [5.74, 6) is 1.30. The fourth-order valence-electron chi connectivity index (χ4n) is 4.65. The third-order valence-electron chi connectivity index (χ3n) is 6.49. The van der Waals surface area contributed by atoms with Crippen molar-refractivity contribution in [2.24, 2.45) is 5.92 Å². The number of para-hydroxylation sites is 1. The highest BCUT2D eigenvalue weighted by atomic mass is 35.5. The molecule has 4 aromatic rings. The first kappa shape index (κ1) is 21.7. The first-order valence-corrected chi connectivity index (χ1v) is 11.9. The molecule has 5 heteroatoms. The Balaban J connectivity index is 1.63. The number of halogens is 1. The van der Waals surface area contributed by atoms with E-state index in [4.69, 9.17) is 16.0 Å². The summed E-state index contributed by atoms with van der Waals surface area (Å²) in [4.78, 5) is 15.6. The maximum atomic E-state index is 13.2. The number of hydrogen-bond acceptors (Lipinski definition) is 3. The number of hydrogen-bond donors (Lipinski definition) is 1. The predicted octanol–water partition coefficient (Wildman–Crippen LogP) is 7.16. The second-order valence-corrected chi connectivity index (χ2v) is 9.27. The summed E-state index contributed by atoms with van der Waals surface area (Å²) in [6.45, 7) is 4.22. The van der Waals surface area contributed by atoms with Gasteiger partial charge in [-0.15, -0.1) is 0 Å².